The first-order valence-corrected chi connectivity index (χ1v) is 12.8. The number of hydrogen-bond donors (Lipinski definition) is 3. The van der Waals surface area contributed by atoms with Crippen LogP contribution in [-0.2, 0) is 16.9 Å². The van der Waals surface area contributed by atoms with Gasteiger partial charge in [-0.3, -0.25) is 9.79 Å². The summed E-state index contributed by atoms with van der Waals surface area (Å²) < 4.78 is 102. The summed E-state index contributed by atoms with van der Waals surface area (Å²) in [5.41, 5.74) is -0.126. The highest BCUT2D eigenvalue weighted by molar-refractivity contribution is 6.16. The molecule has 4 N–H and O–H groups in total. The highest BCUT2D eigenvalue weighted by atomic mass is 19.4. The average molecular weight is 628 g/mol. The molecule has 3 aromatic rings. The molecule has 0 saturated carbocycles. The van der Waals surface area contributed by atoms with Crippen LogP contribution in [0.3, 0.4) is 0 Å². The third-order valence-corrected chi connectivity index (χ3v) is 6.54. The fourth-order valence-electron chi connectivity index (χ4n) is 4.45. The standard InChI is InChI=1S/C27H24F7N7O3/c28-20-13-17(44-12-4-10-26(29,30)31)7-8-19(20)25(27(32,33)34)14-18(22(23(42)37-25)41-24(43)38-39-40-41)21(35)9-11-36-15-16-5-2-1-3-6-16/h1-3,5-9,11,13H,4,10,12,14-15,35H2,(H,37,42)(H,38,40,43)/t25-/m0/s1. The number of hydrogen-bond acceptors (Lipinski definition) is 7. The Morgan fingerprint density at radius 3 is 2.45 bits per heavy atom. The molecule has 0 unspecified atom stereocenters. The van der Waals surface area contributed by atoms with Crippen LogP contribution in [0.5, 0.6) is 5.75 Å². The molecule has 2 aromatic carbocycles. The number of aromatic nitrogens is 4. The van der Waals surface area contributed by atoms with Crippen LogP contribution in [0.25, 0.3) is 5.70 Å². The number of nitrogens with two attached hydrogens (primary N) is 1. The summed E-state index contributed by atoms with van der Waals surface area (Å²) in [7, 11) is 0. The van der Waals surface area contributed by atoms with E-state index in [-0.39, 0.29) is 12.3 Å². The van der Waals surface area contributed by atoms with E-state index in [0.29, 0.717) is 16.8 Å². The quantitative estimate of drug-likeness (QED) is 0.176. The summed E-state index contributed by atoms with van der Waals surface area (Å²) in [6, 6.07) is 11.1. The van der Waals surface area contributed by atoms with E-state index in [4.69, 9.17) is 10.5 Å². The van der Waals surface area contributed by atoms with Gasteiger partial charge < -0.3 is 15.8 Å². The Hall–Kier alpha value is -4.96. The lowest BCUT2D eigenvalue weighted by molar-refractivity contribution is -0.203. The van der Waals surface area contributed by atoms with Crippen LogP contribution in [0.15, 0.2) is 75.7 Å². The lowest BCUT2D eigenvalue weighted by Crippen LogP contribution is -2.60. The van der Waals surface area contributed by atoms with E-state index in [9.17, 15) is 35.9 Å². The lowest BCUT2D eigenvalue weighted by atomic mass is 9.78. The summed E-state index contributed by atoms with van der Waals surface area (Å²) >= 11 is 0. The normalized spacial score (nSPS) is 18.2. The number of alkyl halides is 6. The number of nitrogens with zero attached hydrogens (tertiary/aromatic N) is 4. The first kappa shape index (κ1) is 32.0. The predicted octanol–water partition coefficient (Wildman–Crippen LogP) is 4.13. The van der Waals surface area contributed by atoms with Crippen LogP contribution in [0, 0.1) is 5.82 Å². The van der Waals surface area contributed by atoms with Gasteiger partial charge in [0, 0.05) is 42.0 Å². The molecule has 4 rings (SSSR count). The maximum Gasteiger partial charge on any atom is 0.416 e. The van der Waals surface area contributed by atoms with Gasteiger partial charge in [-0.15, -0.1) is 0 Å². The van der Waals surface area contributed by atoms with E-state index >= 15 is 4.39 Å². The largest absolute Gasteiger partial charge is 0.493 e. The number of allylic oxidation sites excluding steroid dienone is 2. The third kappa shape index (κ3) is 7.15. The zero-order valence-electron chi connectivity index (χ0n) is 22.5. The van der Waals surface area contributed by atoms with Gasteiger partial charge in [-0.25, -0.2) is 14.3 Å². The Bertz CT molecular complexity index is 1640. The third-order valence-electron chi connectivity index (χ3n) is 6.54. The number of halogens is 7. The van der Waals surface area contributed by atoms with E-state index in [1.807, 2.05) is 5.10 Å². The Labute approximate surface area is 244 Å². The predicted molar refractivity (Wildman–Crippen MR) is 142 cm³/mol. The lowest BCUT2D eigenvalue weighted by Gasteiger charge is -2.41. The van der Waals surface area contributed by atoms with Crippen LogP contribution >= 0.6 is 0 Å². The Morgan fingerprint density at radius 1 is 1.11 bits per heavy atom. The molecule has 0 spiro atoms. The molecule has 1 aromatic heterocycles. The van der Waals surface area contributed by atoms with Crippen molar-refractivity contribution >= 4 is 17.8 Å². The highest BCUT2D eigenvalue weighted by Crippen LogP contribution is 2.48. The van der Waals surface area contributed by atoms with Crippen molar-refractivity contribution in [2.45, 2.75) is 43.7 Å². The second-order valence-corrected chi connectivity index (χ2v) is 9.59. The number of aliphatic imine (C=N–C) groups is 1. The van der Waals surface area contributed by atoms with E-state index < -0.39 is 83.7 Å². The molecule has 44 heavy (non-hydrogen) atoms. The van der Waals surface area contributed by atoms with Gasteiger partial charge in [-0.1, -0.05) is 30.3 Å². The first-order valence-electron chi connectivity index (χ1n) is 12.8. The Balaban J connectivity index is 1.73. The van der Waals surface area contributed by atoms with Crippen molar-refractivity contribution in [3.05, 3.63) is 93.3 Å². The van der Waals surface area contributed by atoms with Gasteiger partial charge in [-0.05, 0) is 40.6 Å². The Morgan fingerprint density at radius 2 is 1.84 bits per heavy atom. The number of ether oxygens (including phenoxy) is 1. The van der Waals surface area contributed by atoms with E-state index in [0.717, 1.165) is 17.7 Å². The Kier molecular flexibility index (Phi) is 9.24. The number of tetrazole rings is 1. The van der Waals surface area contributed by atoms with Crippen LogP contribution in [0.1, 0.15) is 30.4 Å². The molecular weight excluding hydrogens is 603 g/mol. The van der Waals surface area contributed by atoms with Crippen molar-refractivity contribution < 1.29 is 40.3 Å². The first-order chi connectivity index (χ1) is 20.7. The molecule has 1 atom stereocenters. The fourth-order valence-corrected chi connectivity index (χ4v) is 4.45. The highest BCUT2D eigenvalue weighted by Gasteiger charge is 2.61. The van der Waals surface area contributed by atoms with E-state index in [1.165, 1.54) is 6.21 Å². The van der Waals surface area contributed by atoms with Gasteiger partial charge in [0.2, 0.25) is 0 Å². The molecule has 10 nitrogen and oxygen atoms in total. The number of benzene rings is 2. The molecule has 17 heteroatoms. The van der Waals surface area contributed by atoms with Gasteiger partial charge in [0.25, 0.3) is 5.91 Å². The molecule has 234 valence electrons. The molecule has 0 saturated heterocycles. The van der Waals surface area contributed by atoms with Crippen molar-refractivity contribution in [1.82, 2.24) is 25.5 Å². The number of H-pyrrole nitrogens is 1. The second kappa shape index (κ2) is 12.7. The smallest absolute Gasteiger partial charge is 0.416 e. The monoisotopic (exact) mass is 627 g/mol. The summed E-state index contributed by atoms with van der Waals surface area (Å²) in [6.45, 7) is -0.280. The minimum absolute atomic E-state index is 0.197. The molecule has 1 amide bonds. The van der Waals surface area contributed by atoms with Crippen molar-refractivity contribution in [3.8, 4) is 5.75 Å². The average Bonchev–Trinajstić information content (AvgIpc) is 3.37. The minimum atomic E-state index is -5.33. The number of amides is 1. The van der Waals surface area contributed by atoms with Gasteiger partial charge in [0.05, 0.1) is 13.2 Å². The van der Waals surface area contributed by atoms with Crippen molar-refractivity contribution in [1.29, 1.82) is 0 Å². The van der Waals surface area contributed by atoms with E-state index in [2.05, 4.69) is 15.4 Å². The van der Waals surface area contributed by atoms with Crippen LogP contribution in [0.4, 0.5) is 30.7 Å². The second-order valence-electron chi connectivity index (χ2n) is 9.59. The SMILES string of the molecule is NC(=CC=NCc1ccccc1)C1=C(n2nn[nH]c2=O)C(=O)N[C@@](c2ccc(OCCCC(F)(F)F)cc2F)(C(F)(F)F)C1. The minimum Gasteiger partial charge on any atom is -0.493 e. The molecule has 1 aliphatic rings. The number of nitrogens with one attached hydrogen (secondary N) is 2. The van der Waals surface area contributed by atoms with Crippen LogP contribution in [0.2, 0.25) is 0 Å². The summed E-state index contributed by atoms with van der Waals surface area (Å²) in [4.78, 5) is 29.7. The number of rotatable bonds is 10. The van der Waals surface area contributed by atoms with E-state index in [1.54, 1.807) is 35.6 Å². The number of aromatic amines is 1. The topological polar surface area (TPSA) is 140 Å². The van der Waals surface area contributed by atoms with Crippen molar-refractivity contribution in [2.75, 3.05) is 6.61 Å². The van der Waals surface area contributed by atoms with Crippen LogP contribution < -0.4 is 21.5 Å². The molecule has 0 aliphatic carbocycles. The maximum atomic E-state index is 15.3. The zero-order chi connectivity index (χ0) is 32.1. The number of carbonyl (C=O) groups excluding carboxylic acids is 1. The zero-order valence-corrected chi connectivity index (χ0v) is 22.5. The van der Waals surface area contributed by atoms with Gasteiger partial charge in [0.1, 0.15) is 17.3 Å². The summed E-state index contributed by atoms with van der Waals surface area (Å²) in [5, 5.41) is 10.4. The molecule has 2 heterocycles. The molecular formula is C27H24F7N7O3. The van der Waals surface area contributed by atoms with Gasteiger partial charge in [-0.2, -0.15) is 31.0 Å². The summed E-state index contributed by atoms with van der Waals surface area (Å²) in [6.07, 6.45) is -10.3. The fraction of sp³-hybridized carbons (Fsp3) is 0.296. The van der Waals surface area contributed by atoms with Crippen LogP contribution in [-0.4, -0.2) is 51.3 Å². The molecule has 0 radical (unpaired) electrons. The van der Waals surface area contributed by atoms with Crippen molar-refractivity contribution in [3.63, 3.8) is 0 Å². The molecule has 0 fully saturated rings. The molecule has 0 bridgehead atoms. The molecule has 1 aliphatic heterocycles. The maximum absolute atomic E-state index is 15.3. The van der Waals surface area contributed by atoms with Crippen molar-refractivity contribution in [2.24, 2.45) is 10.7 Å². The van der Waals surface area contributed by atoms with Gasteiger partial charge >= 0.3 is 18.0 Å². The van der Waals surface area contributed by atoms with Gasteiger partial charge in [0.15, 0.2) is 5.54 Å². The number of carbonyl (C=O) groups is 1. The summed E-state index contributed by atoms with van der Waals surface area (Å²) in [5.74, 6) is -3.26.